The Balaban J connectivity index is 0.000000332. The number of aliphatic hydroxyl groups is 1. The Bertz CT molecular complexity index is 1720. The lowest BCUT2D eigenvalue weighted by Crippen LogP contribution is -2.38. The van der Waals surface area contributed by atoms with E-state index in [4.69, 9.17) is 10.1 Å². The highest BCUT2D eigenvalue weighted by molar-refractivity contribution is 6.57. The van der Waals surface area contributed by atoms with Crippen LogP contribution in [0.25, 0.3) is 33.6 Å². The SMILES string of the molecule is CC.O=C1c2cc3nc(-c4cc5ccc(B(O)O)nc5n4CC4CC4)[nH]c3cc2CCN1CCCF.OCc1ccccc1. The van der Waals surface area contributed by atoms with E-state index in [9.17, 15) is 19.2 Å². The summed E-state index contributed by atoms with van der Waals surface area (Å²) in [6.45, 7) is 5.52. The first-order valence-corrected chi connectivity index (χ1v) is 15.3. The molecule has 0 unspecified atom stereocenters. The van der Waals surface area contributed by atoms with Crippen LogP contribution in [0.5, 0.6) is 0 Å². The van der Waals surface area contributed by atoms with E-state index in [1.807, 2.05) is 68.4 Å². The number of halogens is 1. The average Bonchev–Trinajstić information content (AvgIpc) is 3.67. The van der Waals surface area contributed by atoms with E-state index in [0.29, 0.717) is 48.0 Å². The Hall–Kier alpha value is -4.06. The van der Waals surface area contributed by atoms with Crippen LogP contribution in [0.1, 0.15) is 54.6 Å². The van der Waals surface area contributed by atoms with E-state index in [0.717, 1.165) is 53.5 Å². The Morgan fingerprint density at radius 2 is 1.82 bits per heavy atom. The van der Waals surface area contributed by atoms with Gasteiger partial charge in [-0.25, -0.2) is 9.97 Å². The number of nitrogens with zero attached hydrogens (tertiary/aromatic N) is 4. The molecular formula is C33H39BFN5O4. The number of hydrogen-bond acceptors (Lipinski definition) is 6. The maximum absolute atomic E-state index is 12.9. The molecule has 1 aliphatic carbocycles. The first kappa shape index (κ1) is 31.4. The van der Waals surface area contributed by atoms with Gasteiger partial charge in [-0.05, 0) is 67.0 Å². The molecule has 2 aliphatic rings. The zero-order valence-corrected chi connectivity index (χ0v) is 25.2. The molecule has 4 N–H and O–H groups in total. The number of alkyl halides is 1. The maximum Gasteiger partial charge on any atom is 0.508 e. The number of H-pyrrole nitrogens is 1. The number of rotatable bonds is 8. The number of aliphatic hydroxyl groups excluding tert-OH is 1. The van der Waals surface area contributed by atoms with Gasteiger partial charge in [-0.15, -0.1) is 0 Å². The van der Waals surface area contributed by atoms with Crippen molar-refractivity contribution in [2.45, 2.75) is 52.7 Å². The van der Waals surface area contributed by atoms with Crippen LogP contribution in [0, 0.1) is 5.92 Å². The number of nitrogens with one attached hydrogen (secondary N) is 1. The summed E-state index contributed by atoms with van der Waals surface area (Å²) in [6.07, 6.45) is 3.41. The lowest BCUT2D eigenvalue weighted by molar-refractivity contribution is 0.0735. The minimum atomic E-state index is -1.63. The number of aromatic amines is 1. The van der Waals surface area contributed by atoms with E-state index in [-0.39, 0.29) is 18.1 Å². The second-order valence-corrected chi connectivity index (χ2v) is 10.9. The van der Waals surface area contributed by atoms with Crippen LogP contribution in [0.2, 0.25) is 0 Å². The topological polar surface area (TPSA) is 128 Å². The minimum absolute atomic E-state index is 0.0664. The van der Waals surface area contributed by atoms with Gasteiger partial charge in [0, 0.05) is 30.6 Å². The number of imidazole rings is 1. The zero-order chi connectivity index (χ0) is 31.2. The minimum Gasteiger partial charge on any atom is -0.422 e. The molecule has 0 atom stereocenters. The summed E-state index contributed by atoms with van der Waals surface area (Å²) in [7, 11) is -1.63. The predicted octanol–water partition coefficient (Wildman–Crippen LogP) is 4.23. The molecule has 230 valence electrons. The highest BCUT2D eigenvalue weighted by Gasteiger charge is 2.28. The number of amides is 1. The summed E-state index contributed by atoms with van der Waals surface area (Å²) in [4.78, 5) is 27.4. The molecule has 2 aromatic carbocycles. The largest absolute Gasteiger partial charge is 0.508 e. The second kappa shape index (κ2) is 14.2. The van der Waals surface area contributed by atoms with E-state index in [2.05, 4.69) is 14.5 Å². The van der Waals surface area contributed by atoms with Crippen molar-refractivity contribution in [2.75, 3.05) is 19.8 Å². The monoisotopic (exact) mass is 599 g/mol. The molecule has 5 aromatic rings. The number of carbonyl (C=O) groups excluding carboxylic acids is 1. The van der Waals surface area contributed by atoms with E-state index in [1.54, 1.807) is 11.0 Å². The van der Waals surface area contributed by atoms with Gasteiger partial charge in [0.25, 0.3) is 5.91 Å². The van der Waals surface area contributed by atoms with Gasteiger partial charge >= 0.3 is 7.12 Å². The molecule has 0 radical (unpaired) electrons. The summed E-state index contributed by atoms with van der Waals surface area (Å²) in [5.74, 6) is 1.19. The summed E-state index contributed by atoms with van der Waals surface area (Å²) < 4.78 is 14.7. The molecule has 0 bridgehead atoms. The van der Waals surface area contributed by atoms with Crippen molar-refractivity contribution in [1.29, 1.82) is 0 Å². The van der Waals surface area contributed by atoms with Gasteiger partial charge in [0.05, 0.1) is 35.6 Å². The number of hydrogen-bond donors (Lipinski definition) is 4. The molecular weight excluding hydrogens is 560 g/mol. The Labute approximate surface area is 256 Å². The van der Waals surface area contributed by atoms with Crippen LogP contribution in [0.3, 0.4) is 0 Å². The third kappa shape index (κ3) is 6.85. The fraction of sp³-hybridized carbons (Fsp3) is 0.364. The van der Waals surface area contributed by atoms with Crippen molar-refractivity contribution in [3.8, 4) is 11.5 Å². The van der Waals surface area contributed by atoms with Crippen LogP contribution in [0.15, 0.2) is 60.7 Å². The first-order valence-electron chi connectivity index (χ1n) is 15.3. The first-order chi connectivity index (χ1) is 21.4. The Morgan fingerprint density at radius 1 is 1.05 bits per heavy atom. The van der Waals surface area contributed by atoms with Gasteiger partial charge in [0.1, 0.15) is 5.65 Å². The summed E-state index contributed by atoms with van der Waals surface area (Å²) in [5, 5.41) is 28.6. The number of pyridine rings is 1. The summed E-state index contributed by atoms with van der Waals surface area (Å²) in [6, 6.07) is 18.8. The van der Waals surface area contributed by atoms with Crippen molar-refractivity contribution >= 4 is 40.7 Å². The molecule has 1 saturated carbocycles. The molecule has 9 nitrogen and oxygen atoms in total. The average molecular weight is 600 g/mol. The van der Waals surface area contributed by atoms with Crippen LogP contribution in [-0.2, 0) is 19.6 Å². The molecule has 1 fully saturated rings. The van der Waals surface area contributed by atoms with Gasteiger partial charge in [0.15, 0.2) is 5.82 Å². The van der Waals surface area contributed by atoms with Crippen LogP contribution in [0.4, 0.5) is 4.39 Å². The molecule has 1 aliphatic heterocycles. The number of carbonyl (C=O) groups is 1. The number of benzene rings is 2. The summed E-state index contributed by atoms with van der Waals surface area (Å²) in [5.41, 5.74) is 5.94. The maximum atomic E-state index is 12.9. The summed E-state index contributed by atoms with van der Waals surface area (Å²) >= 11 is 0. The molecule has 0 saturated heterocycles. The fourth-order valence-electron chi connectivity index (χ4n) is 5.43. The fourth-order valence-corrected chi connectivity index (χ4v) is 5.43. The van der Waals surface area contributed by atoms with Gasteiger partial charge in [-0.1, -0.05) is 50.2 Å². The van der Waals surface area contributed by atoms with E-state index >= 15 is 0 Å². The quantitative estimate of drug-likeness (QED) is 0.198. The highest BCUT2D eigenvalue weighted by Crippen LogP contribution is 2.35. The van der Waals surface area contributed by atoms with Gasteiger partial charge in [0.2, 0.25) is 0 Å². The van der Waals surface area contributed by atoms with Gasteiger partial charge in [-0.3, -0.25) is 9.18 Å². The normalized spacial score (nSPS) is 14.1. The number of fused-ring (bicyclic) bond motifs is 3. The van der Waals surface area contributed by atoms with Crippen molar-refractivity contribution in [3.63, 3.8) is 0 Å². The van der Waals surface area contributed by atoms with Crippen molar-refractivity contribution < 1.29 is 24.3 Å². The van der Waals surface area contributed by atoms with Crippen molar-refractivity contribution in [2.24, 2.45) is 5.92 Å². The van der Waals surface area contributed by atoms with Crippen LogP contribution in [-0.4, -0.2) is 72.4 Å². The molecule has 44 heavy (non-hydrogen) atoms. The lowest BCUT2D eigenvalue weighted by atomic mass is 9.85. The number of aromatic nitrogens is 4. The smallest absolute Gasteiger partial charge is 0.422 e. The van der Waals surface area contributed by atoms with E-state index in [1.165, 1.54) is 0 Å². The van der Waals surface area contributed by atoms with Crippen molar-refractivity contribution in [3.05, 3.63) is 77.4 Å². The lowest BCUT2D eigenvalue weighted by Gasteiger charge is -2.28. The van der Waals surface area contributed by atoms with Crippen LogP contribution < -0.4 is 5.59 Å². The second-order valence-electron chi connectivity index (χ2n) is 10.9. The zero-order valence-electron chi connectivity index (χ0n) is 25.2. The molecule has 0 spiro atoms. The van der Waals surface area contributed by atoms with Gasteiger partial charge < -0.3 is 29.6 Å². The molecule has 7 rings (SSSR count). The van der Waals surface area contributed by atoms with E-state index < -0.39 is 13.8 Å². The molecule has 3 aromatic heterocycles. The molecule has 4 heterocycles. The Kier molecular flexibility index (Phi) is 10.1. The van der Waals surface area contributed by atoms with Crippen molar-refractivity contribution in [1.82, 2.24) is 24.4 Å². The Morgan fingerprint density at radius 3 is 2.48 bits per heavy atom. The third-order valence-corrected chi connectivity index (χ3v) is 7.87. The highest BCUT2D eigenvalue weighted by atomic mass is 19.1. The third-order valence-electron chi connectivity index (χ3n) is 7.87. The van der Waals surface area contributed by atoms with Crippen LogP contribution >= 0.6 is 0 Å². The molecule has 11 heteroatoms. The van der Waals surface area contributed by atoms with Gasteiger partial charge in [-0.2, -0.15) is 0 Å². The standard InChI is InChI=1S/C24H25BFN5O3.C7H8O.C2H6/c26-7-1-8-30-9-6-15-10-18-19(12-17(15)24(30)32)28-22(27-18)20-11-16-4-5-21(25(33)34)29-23(16)31(20)13-14-2-3-14;8-6-7-4-2-1-3-5-7;1-2/h4-5,10-12,14,33-34H,1-3,6-9,13H2,(H,27,28);1-5,8H,6H2;1-2H3. The molecule has 1 amide bonds. The predicted molar refractivity (Wildman–Crippen MR) is 171 cm³/mol.